The molecule has 0 aliphatic heterocycles. The summed E-state index contributed by atoms with van der Waals surface area (Å²) < 4.78 is 2.40. The average Bonchev–Trinajstić information content (AvgIpc) is 3.55. The van der Waals surface area contributed by atoms with Crippen molar-refractivity contribution in [3.8, 4) is 56.5 Å². The van der Waals surface area contributed by atoms with Crippen molar-refractivity contribution in [1.82, 2.24) is 24.9 Å². The standard InChI is InChI=1S/C41H25N5S/c1-3-10-26(11-4-1)27-17-21-30(22-18-27)39-44-38(29-12-5-2-6-13-29)45-40(46-39)31-23-19-28(20-24-31)36-37-35(32-14-7-8-16-34(32)47-37)33-15-9-25-42-41(33)43-36/h1-25H. The molecule has 0 saturated heterocycles. The minimum Gasteiger partial charge on any atom is -0.237 e. The number of hydrogen-bond donors (Lipinski definition) is 0. The van der Waals surface area contributed by atoms with Crippen molar-refractivity contribution in [3.05, 3.63) is 152 Å². The van der Waals surface area contributed by atoms with Gasteiger partial charge in [0.2, 0.25) is 0 Å². The van der Waals surface area contributed by atoms with Crippen molar-refractivity contribution < 1.29 is 0 Å². The fraction of sp³-hybridized carbons (Fsp3) is 0. The van der Waals surface area contributed by atoms with Crippen LogP contribution in [0.15, 0.2) is 152 Å². The minimum atomic E-state index is 0.618. The van der Waals surface area contributed by atoms with E-state index in [9.17, 15) is 0 Å². The van der Waals surface area contributed by atoms with E-state index in [4.69, 9.17) is 19.9 Å². The summed E-state index contributed by atoms with van der Waals surface area (Å²) in [4.78, 5) is 24.5. The van der Waals surface area contributed by atoms with Crippen LogP contribution in [0.1, 0.15) is 0 Å². The second-order valence-corrected chi connectivity index (χ2v) is 12.4. The normalized spacial score (nSPS) is 11.4. The van der Waals surface area contributed by atoms with Crippen molar-refractivity contribution in [1.29, 1.82) is 0 Å². The topological polar surface area (TPSA) is 64.5 Å². The molecule has 0 spiro atoms. The van der Waals surface area contributed by atoms with E-state index in [1.165, 1.54) is 21.0 Å². The average molecular weight is 620 g/mol. The van der Waals surface area contributed by atoms with Gasteiger partial charge < -0.3 is 0 Å². The van der Waals surface area contributed by atoms with E-state index >= 15 is 0 Å². The lowest BCUT2D eigenvalue weighted by Crippen LogP contribution is -2.00. The molecule has 47 heavy (non-hydrogen) atoms. The zero-order valence-electron chi connectivity index (χ0n) is 25.1. The van der Waals surface area contributed by atoms with Crippen molar-refractivity contribution in [2.45, 2.75) is 0 Å². The molecule has 0 N–H and O–H groups in total. The Morgan fingerprint density at radius 3 is 1.53 bits per heavy atom. The summed E-state index contributed by atoms with van der Waals surface area (Å²) in [6.07, 6.45) is 1.81. The third-order valence-electron chi connectivity index (χ3n) is 8.42. The van der Waals surface area contributed by atoms with Gasteiger partial charge in [0.25, 0.3) is 0 Å². The van der Waals surface area contributed by atoms with Gasteiger partial charge in [0.1, 0.15) is 0 Å². The number of thiophene rings is 1. The lowest BCUT2D eigenvalue weighted by atomic mass is 10.0. The summed E-state index contributed by atoms with van der Waals surface area (Å²) in [7, 11) is 0. The molecule has 0 amide bonds. The van der Waals surface area contributed by atoms with E-state index in [1.54, 1.807) is 17.5 Å². The Kier molecular flexibility index (Phi) is 6.58. The van der Waals surface area contributed by atoms with Gasteiger partial charge in [0.05, 0.1) is 10.4 Å². The van der Waals surface area contributed by atoms with Gasteiger partial charge in [-0.25, -0.2) is 24.9 Å². The zero-order chi connectivity index (χ0) is 31.2. The van der Waals surface area contributed by atoms with Gasteiger partial charge in [-0.15, -0.1) is 11.3 Å². The summed E-state index contributed by atoms with van der Waals surface area (Å²) in [5.74, 6) is 1.88. The van der Waals surface area contributed by atoms with Gasteiger partial charge in [-0.2, -0.15) is 0 Å². The quantitative estimate of drug-likeness (QED) is 0.192. The molecule has 4 heterocycles. The van der Waals surface area contributed by atoms with Crippen LogP contribution in [0.2, 0.25) is 0 Å². The lowest BCUT2D eigenvalue weighted by Gasteiger charge is -2.10. The van der Waals surface area contributed by atoms with Gasteiger partial charge in [-0.3, -0.25) is 0 Å². The van der Waals surface area contributed by atoms with Crippen LogP contribution in [0, 0.1) is 0 Å². The predicted octanol–water partition coefficient (Wildman–Crippen LogP) is 10.5. The molecule has 5 nitrogen and oxygen atoms in total. The van der Waals surface area contributed by atoms with Crippen molar-refractivity contribution in [2.75, 3.05) is 0 Å². The second-order valence-electron chi connectivity index (χ2n) is 11.3. The van der Waals surface area contributed by atoms with Gasteiger partial charge in [-0.1, -0.05) is 127 Å². The largest absolute Gasteiger partial charge is 0.237 e. The number of hydrogen-bond acceptors (Lipinski definition) is 6. The van der Waals surface area contributed by atoms with E-state index in [0.29, 0.717) is 17.5 Å². The molecule has 220 valence electrons. The number of pyridine rings is 2. The number of rotatable bonds is 5. The van der Waals surface area contributed by atoms with Gasteiger partial charge in [-0.05, 0) is 29.3 Å². The number of nitrogens with zero attached hydrogens (tertiary/aromatic N) is 5. The molecule has 5 aromatic carbocycles. The van der Waals surface area contributed by atoms with Gasteiger partial charge in [0.15, 0.2) is 23.1 Å². The molecule has 0 fully saturated rings. The molecule has 6 heteroatoms. The van der Waals surface area contributed by atoms with Crippen LogP contribution in [0.4, 0.5) is 0 Å². The number of benzene rings is 5. The van der Waals surface area contributed by atoms with E-state index < -0.39 is 0 Å². The van der Waals surface area contributed by atoms with Crippen LogP contribution in [-0.4, -0.2) is 24.9 Å². The third-order valence-corrected chi connectivity index (χ3v) is 9.60. The molecule has 0 atom stereocenters. The van der Waals surface area contributed by atoms with Crippen LogP contribution in [0.5, 0.6) is 0 Å². The van der Waals surface area contributed by atoms with E-state index in [2.05, 4.69) is 108 Å². The summed E-state index contributed by atoms with van der Waals surface area (Å²) in [6.45, 7) is 0. The van der Waals surface area contributed by atoms with Crippen LogP contribution >= 0.6 is 11.3 Å². The first-order valence-corrected chi connectivity index (χ1v) is 16.2. The highest BCUT2D eigenvalue weighted by Gasteiger charge is 2.17. The maximum absolute atomic E-state index is 5.07. The highest BCUT2D eigenvalue weighted by atomic mass is 32.1. The maximum Gasteiger partial charge on any atom is 0.164 e. The summed E-state index contributed by atoms with van der Waals surface area (Å²) in [5, 5.41) is 3.51. The molecular formula is C41H25N5S. The predicted molar refractivity (Wildman–Crippen MR) is 193 cm³/mol. The first kappa shape index (κ1) is 27.2. The van der Waals surface area contributed by atoms with E-state index in [-0.39, 0.29) is 0 Å². The molecule has 9 rings (SSSR count). The monoisotopic (exact) mass is 619 g/mol. The Balaban J connectivity index is 1.15. The first-order valence-electron chi connectivity index (χ1n) is 15.4. The van der Waals surface area contributed by atoms with Crippen LogP contribution in [-0.2, 0) is 0 Å². The molecule has 0 bridgehead atoms. The minimum absolute atomic E-state index is 0.618. The van der Waals surface area contributed by atoms with Crippen molar-refractivity contribution in [2.24, 2.45) is 0 Å². The maximum atomic E-state index is 5.07. The molecule has 0 saturated carbocycles. The Bertz CT molecular complexity index is 2540. The molecule has 0 aliphatic rings. The zero-order valence-corrected chi connectivity index (χ0v) is 25.9. The number of aromatic nitrogens is 5. The molecule has 4 aromatic heterocycles. The highest BCUT2D eigenvalue weighted by molar-refractivity contribution is 7.26. The summed E-state index contributed by atoms with van der Waals surface area (Å²) >= 11 is 1.77. The SMILES string of the molecule is c1ccc(-c2ccc(-c3nc(-c4ccccc4)nc(-c4ccc(-c5nc6ncccc6c6c5sc5ccccc56)cc4)n3)cc2)cc1. The van der Waals surface area contributed by atoms with E-state index in [1.807, 2.05) is 42.5 Å². The third kappa shape index (κ3) is 4.92. The molecular weight excluding hydrogens is 595 g/mol. The highest BCUT2D eigenvalue weighted by Crippen LogP contribution is 2.42. The Labute approximate surface area is 275 Å². The van der Waals surface area contributed by atoms with Gasteiger partial charge in [0, 0.05) is 49.3 Å². The molecule has 9 aromatic rings. The molecule has 0 radical (unpaired) electrons. The summed E-state index contributed by atoms with van der Waals surface area (Å²) in [6, 6.07) is 49.8. The smallest absolute Gasteiger partial charge is 0.164 e. The molecule has 0 unspecified atom stereocenters. The Morgan fingerprint density at radius 1 is 0.383 bits per heavy atom. The van der Waals surface area contributed by atoms with Crippen LogP contribution in [0.25, 0.3) is 87.8 Å². The second kappa shape index (κ2) is 11.4. The Morgan fingerprint density at radius 2 is 0.872 bits per heavy atom. The molecule has 0 aliphatic carbocycles. The van der Waals surface area contributed by atoms with Crippen molar-refractivity contribution in [3.63, 3.8) is 0 Å². The van der Waals surface area contributed by atoms with Crippen LogP contribution < -0.4 is 0 Å². The number of fused-ring (bicyclic) bond motifs is 5. The van der Waals surface area contributed by atoms with Crippen LogP contribution in [0.3, 0.4) is 0 Å². The Hall–Kier alpha value is -6.11. The fourth-order valence-corrected chi connectivity index (χ4v) is 7.31. The van der Waals surface area contributed by atoms with E-state index in [0.717, 1.165) is 49.2 Å². The van der Waals surface area contributed by atoms with Gasteiger partial charge >= 0.3 is 0 Å². The van der Waals surface area contributed by atoms with Crippen molar-refractivity contribution >= 4 is 42.5 Å². The fourth-order valence-electron chi connectivity index (χ4n) is 6.08. The summed E-state index contributed by atoms with van der Waals surface area (Å²) in [5.41, 5.74) is 7.79. The lowest BCUT2D eigenvalue weighted by molar-refractivity contribution is 1.07. The first-order chi connectivity index (χ1) is 23.3.